The Balaban J connectivity index is 0.00000162. The summed E-state index contributed by atoms with van der Waals surface area (Å²) < 4.78 is 0. The predicted molar refractivity (Wildman–Crippen MR) is 74.8 cm³/mol. The molecule has 18 heavy (non-hydrogen) atoms. The van der Waals surface area contributed by atoms with Gasteiger partial charge in [0.2, 0.25) is 0 Å². The van der Waals surface area contributed by atoms with Crippen LogP contribution in [0.2, 0.25) is 0 Å². The fourth-order valence-electron chi connectivity index (χ4n) is 2.26. The van der Waals surface area contributed by atoms with E-state index >= 15 is 0 Å². The molecule has 0 atom stereocenters. The lowest BCUT2D eigenvalue weighted by atomic mass is 9.87. The highest BCUT2D eigenvalue weighted by molar-refractivity contribution is 5.98. The summed E-state index contributed by atoms with van der Waals surface area (Å²) in [4.78, 5) is 15.9. The molecule has 1 aromatic rings. The number of carbonyl (C=O) groups is 1. The van der Waals surface area contributed by atoms with Gasteiger partial charge in [-0.3, -0.25) is 9.78 Å². The van der Waals surface area contributed by atoms with Crippen LogP contribution in [0.25, 0.3) is 0 Å². The molecule has 0 bridgehead atoms. The van der Waals surface area contributed by atoms with Gasteiger partial charge in [0.1, 0.15) is 0 Å². The van der Waals surface area contributed by atoms with E-state index in [0.717, 1.165) is 18.8 Å². The lowest BCUT2D eigenvalue weighted by molar-refractivity contribution is 0.0923. The average molecular weight is 270 g/mol. The van der Waals surface area contributed by atoms with E-state index < -0.39 is 0 Å². The molecule has 3 N–H and O–H groups in total. The van der Waals surface area contributed by atoms with Gasteiger partial charge in [0, 0.05) is 24.1 Å². The van der Waals surface area contributed by atoms with E-state index in [1.165, 1.54) is 19.0 Å². The van der Waals surface area contributed by atoms with Crippen molar-refractivity contribution in [1.82, 2.24) is 10.3 Å². The van der Waals surface area contributed by atoms with Gasteiger partial charge in [0.15, 0.2) is 0 Å². The lowest BCUT2D eigenvalue weighted by Crippen LogP contribution is -2.37. The maximum Gasteiger partial charge on any atom is 0.255 e. The molecule has 1 fully saturated rings. The zero-order valence-electron chi connectivity index (χ0n) is 10.6. The summed E-state index contributed by atoms with van der Waals surface area (Å²) in [6.07, 6.45) is 7.62. The first kappa shape index (κ1) is 14.8. The number of nitrogen functional groups attached to an aromatic ring is 1. The Kier molecular flexibility index (Phi) is 5.41. The van der Waals surface area contributed by atoms with Crippen molar-refractivity contribution < 1.29 is 4.79 Å². The number of nitrogens with two attached hydrogens (primary N) is 1. The minimum Gasteiger partial charge on any atom is -0.398 e. The van der Waals surface area contributed by atoms with Gasteiger partial charge in [-0.15, -0.1) is 12.4 Å². The zero-order chi connectivity index (χ0) is 12.3. The van der Waals surface area contributed by atoms with Crippen molar-refractivity contribution >= 4 is 24.0 Å². The van der Waals surface area contributed by atoms with Crippen molar-refractivity contribution in [2.45, 2.75) is 38.6 Å². The van der Waals surface area contributed by atoms with Crippen molar-refractivity contribution in [3.63, 3.8) is 0 Å². The molecule has 1 saturated carbocycles. The first-order valence-electron chi connectivity index (χ1n) is 6.17. The average Bonchev–Trinajstić information content (AvgIpc) is 2.32. The fourth-order valence-corrected chi connectivity index (χ4v) is 2.26. The molecule has 1 amide bonds. The molecule has 0 unspecified atom stereocenters. The second-order valence-electron chi connectivity index (χ2n) is 4.89. The maximum absolute atomic E-state index is 12.0. The predicted octanol–water partition coefficient (Wildman–Crippen LogP) is 2.39. The highest BCUT2D eigenvalue weighted by Crippen LogP contribution is 2.23. The summed E-state index contributed by atoms with van der Waals surface area (Å²) in [5.74, 6) is 0.682. The fraction of sp³-hybridized carbons (Fsp3) is 0.538. The van der Waals surface area contributed by atoms with Crippen molar-refractivity contribution in [2.75, 3.05) is 5.73 Å². The smallest absolute Gasteiger partial charge is 0.255 e. The van der Waals surface area contributed by atoms with Crippen LogP contribution in [0.4, 0.5) is 5.69 Å². The van der Waals surface area contributed by atoms with E-state index in [0.29, 0.717) is 17.3 Å². The van der Waals surface area contributed by atoms with Crippen molar-refractivity contribution in [1.29, 1.82) is 0 Å². The molecule has 0 radical (unpaired) electrons. The number of pyridine rings is 1. The van der Waals surface area contributed by atoms with Gasteiger partial charge >= 0.3 is 0 Å². The number of nitrogens with one attached hydrogen (secondary N) is 1. The van der Waals surface area contributed by atoms with Crippen LogP contribution in [-0.4, -0.2) is 16.9 Å². The van der Waals surface area contributed by atoms with E-state index in [2.05, 4.69) is 17.2 Å². The molecular formula is C13H20ClN3O. The zero-order valence-corrected chi connectivity index (χ0v) is 11.4. The third kappa shape index (κ3) is 3.60. The topological polar surface area (TPSA) is 68.0 Å². The molecular weight excluding hydrogens is 250 g/mol. The molecule has 1 aliphatic rings. The molecule has 1 heterocycles. The minimum atomic E-state index is -0.102. The second kappa shape index (κ2) is 6.59. The molecule has 1 aliphatic carbocycles. The third-order valence-electron chi connectivity index (χ3n) is 3.45. The largest absolute Gasteiger partial charge is 0.398 e. The molecule has 0 aromatic carbocycles. The molecule has 5 heteroatoms. The van der Waals surface area contributed by atoms with E-state index in [4.69, 9.17) is 5.73 Å². The molecule has 0 spiro atoms. The number of hydrogen-bond acceptors (Lipinski definition) is 3. The summed E-state index contributed by atoms with van der Waals surface area (Å²) >= 11 is 0. The quantitative estimate of drug-likeness (QED) is 0.866. The van der Waals surface area contributed by atoms with Crippen molar-refractivity contribution in [3.8, 4) is 0 Å². The highest BCUT2D eigenvalue weighted by Gasteiger charge is 2.20. The van der Waals surface area contributed by atoms with Gasteiger partial charge < -0.3 is 11.1 Å². The Morgan fingerprint density at radius 1 is 1.39 bits per heavy atom. The Morgan fingerprint density at radius 3 is 2.67 bits per heavy atom. The monoisotopic (exact) mass is 269 g/mol. The third-order valence-corrected chi connectivity index (χ3v) is 3.45. The Hall–Kier alpha value is -1.29. The standard InChI is InChI=1S/C13H19N3O.ClH/c1-9-2-4-10(5-3-9)16-13(17)11-8-15-7-6-12(11)14;/h6-10H,2-5H2,1H3,(H2,14,15)(H,16,17);1H. The van der Waals surface area contributed by atoms with Gasteiger partial charge in [-0.25, -0.2) is 0 Å². The minimum absolute atomic E-state index is 0. The van der Waals surface area contributed by atoms with E-state index in [1.54, 1.807) is 12.3 Å². The van der Waals surface area contributed by atoms with Gasteiger partial charge in [-0.05, 0) is 37.7 Å². The van der Waals surface area contributed by atoms with Crippen LogP contribution < -0.4 is 11.1 Å². The van der Waals surface area contributed by atoms with Crippen LogP contribution in [0.15, 0.2) is 18.5 Å². The molecule has 2 rings (SSSR count). The van der Waals surface area contributed by atoms with Gasteiger partial charge in [0.25, 0.3) is 5.91 Å². The summed E-state index contributed by atoms with van der Waals surface area (Å²) in [5.41, 5.74) is 6.71. The number of halogens is 1. The van der Waals surface area contributed by atoms with Crippen LogP contribution in [0.5, 0.6) is 0 Å². The van der Waals surface area contributed by atoms with Gasteiger partial charge in [0.05, 0.1) is 5.56 Å². The Bertz CT molecular complexity index is 403. The summed E-state index contributed by atoms with van der Waals surface area (Å²) in [5, 5.41) is 3.04. The molecule has 1 aromatic heterocycles. The molecule has 0 aliphatic heterocycles. The summed E-state index contributed by atoms with van der Waals surface area (Å²) in [6, 6.07) is 1.94. The Labute approximate surface area is 114 Å². The summed E-state index contributed by atoms with van der Waals surface area (Å²) in [7, 11) is 0. The number of carbonyl (C=O) groups excluding carboxylic acids is 1. The van der Waals surface area contributed by atoms with Crippen LogP contribution in [0, 0.1) is 5.92 Å². The van der Waals surface area contributed by atoms with Crippen LogP contribution >= 0.6 is 12.4 Å². The Morgan fingerprint density at radius 2 is 2.06 bits per heavy atom. The van der Waals surface area contributed by atoms with E-state index in [1.807, 2.05) is 0 Å². The van der Waals surface area contributed by atoms with Gasteiger partial charge in [-0.2, -0.15) is 0 Å². The number of hydrogen-bond donors (Lipinski definition) is 2. The highest BCUT2D eigenvalue weighted by atomic mass is 35.5. The second-order valence-corrected chi connectivity index (χ2v) is 4.89. The van der Waals surface area contributed by atoms with Gasteiger partial charge in [-0.1, -0.05) is 6.92 Å². The number of anilines is 1. The van der Waals surface area contributed by atoms with E-state index in [-0.39, 0.29) is 18.3 Å². The van der Waals surface area contributed by atoms with Crippen LogP contribution in [0.3, 0.4) is 0 Å². The first-order valence-corrected chi connectivity index (χ1v) is 6.17. The number of nitrogens with zero attached hydrogens (tertiary/aromatic N) is 1. The van der Waals surface area contributed by atoms with Crippen molar-refractivity contribution in [2.24, 2.45) is 5.92 Å². The normalized spacial score (nSPS) is 22.9. The SMILES string of the molecule is CC1CCC(NC(=O)c2cnccc2N)CC1.Cl. The molecule has 4 nitrogen and oxygen atoms in total. The number of rotatable bonds is 2. The molecule has 0 saturated heterocycles. The van der Waals surface area contributed by atoms with Crippen molar-refractivity contribution in [3.05, 3.63) is 24.0 Å². The number of amides is 1. The first-order chi connectivity index (χ1) is 8.16. The lowest BCUT2D eigenvalue weighted by Gasteiger charge is -2.27. The van der Waals surface area contributed by atoms with Crippen LogP contribution in [0.1, 0.15) is 43.0 Å². The maximum atomic E-state index is 12.0. The summed E-state index contributed by atoms with van der Waals surface area (Å²) in [6.45, 7) is 2.26. The van der Waals surface area contributed by atoms with Crippen LogP contribution in [-0.2, 0) is 0 Å². The van der Waals surface area contributed by atoms with E-state index in [9.17, 15) is 4.79 Å². The molecule has 100 valence electrons. The number of aromatic nitrogens is 1.